The average molecular weight is 276 g/mol. The maximum atomic E-state index is 11.9. The normalized spacial score (nSPS) is 14.8. The van der Waals surface area contributed by atoms with Gasteiger partial charge >= 0.3 is 0 Å². The summed E-state index contributed by atoms with van der Waals surface area (Å²) in [6.45, 7) is 2.80. The Hall–Kier alpha value is -1.53. The van der Waals surface area contributed by atoms with Crippen molar-refractivity contribution < 1.29 is 0 Å². The van der Waals surface area contributed by atoms with Crippen LogP contribution < -0.4 is 10.7 Å². The molecule has 0 spiro atoms. The van der Waals surface area contributed by atoms with Crippen molar-refractivity contribution in [2.75, 3.05) is 6.54 Å². The van der Waals surface area contributed by atoms with E-state index in [1.807, 2.05) is 6.92 Å². The molecule has 1 saturated carbocycles. The summed E-state index contributed by atoms with van der Waals surface area (Å²) in [6.07, 6.45) is 5.17. The number of hydrogen-bond donors (Lipinski definition) is 2. The maximum absolute atomic E-state index is 11.9. The highest BCUT2D eigenvalue weighted by atomic mass is 32.1. The molecule has 1 fully saturated rings. The molecule has 0 aliphatic heterocycles. The summed E-state index contributed by atoms with van der Waals surface area (Å²) in [7, 11) is 0. The van der Waals surface area contributed by atoms with Gasteiger partial charge in [-0.3, -0.25) is 4.79 Å². The van der Waals surface area contributed by atoms with Crippen LogP contribution in [0.15, 0.2) is 17.1 Å². The number of H-pyrrole nitrogens is 1. The van der Waals surface area contributed by atoms with Crippen molar-refractivity contribution in [3.8, 4) is 10.6 Å². The molecule has 3 rings (SSSR count). The van der Waals surface area contributed by atoms with E-state index in [0.717, 1.165) is 23.7 Å². The molecule has 0 radical (unpaired) electrons. The van der Waals surface area contributed by atoms with Crippen LogP contribution in [0.3, 0.4) is 0 Å². The quantitative estimate of drug-likeness (QED) is 0.868. The van der Waals surface area contributed by atoms with Gasteiger partial charge in [-0.2, -0.15) is 0 Å². The second-order valence-electron chi connectivity index (χ2n) is 4.87. The van der Waals surface area contributed by atoms with Gasteiger partial charge in [0, 0.05) is 37.0 Å². The molecule has 0 aromatic carbocycles. The molecule has 2 aromatic rings. The van der Waals surface area contributed by atoms with Crippen molar-refractivity contribution in [2.45, 2.75) is 32.2 Å². The first-order valence-corrected chi connectivity index (χ1v) is 7.29. The Morgan fingerprint density at radius 2 is 2.32 bits per heavy atom. The predicted molar refractivity (Wildman–Crippen MR) is 75.4 cm³/mol. The molecular formula is C13H16N4OS. The monoisotopic (exact) mass is 276 g/mol. The molecule has 2 aromatic heterocycles. The fourth-order valence-electron chi connectivity index (χ4n) is 1.87. The summed E-state index contributed by atoms with van der Waals surface area (Å²) < 4.78 is 0. The second kappa shape index (κ2) is 5.22. The minimum atomic E-state index is -0.00458. The molecule has 0 saturated heterocycles. The first-order chi connectivity index (χ1) is 9.22. The Kier molecular flexibility index (Phi) is 3.44. The molecule has 1 aliphatic carbocycles. The van der Waals surface area contributed by atoms with Crippen LogP contribution in [0, 0.1) is 6.92 Å². The van der Waals surface area contributed by atoms with Crippen molar-refractivity contribution >= 4 is 11.3 Å². The Bertz CT molecular complexity index is 630. The van der Waals surface area contributed by atoms with Crippen molar-refractivity contribution in [3.63, 3.8) is 0 Å². The summed E-state index contributed by atoms with van der Waals surface area (Å²) in [5.41, 5.74) is 1.45. The third-order valence-corrected chi connectivity index (χ3v) is 4.12. The molecule has 100 valence electrons. The topological polar surface area (TPSA) is 70.7 Å². The minimum Gasteiger partial charge on any atom is -0.364 e. The Balaban J connectivity index is 1.70. The van der Waals surface area contributed by atoms with E-state index in [1.54, 1.807) is 12.3 Å². The third kappa shape index (κ3) is 3.08. The fraction of sp³-hybridized carbons (Fsp3) is 0.462. The highest BCUT2D eigenvalue weighted by Gasteiger charge is 2.20. The van der Waals surface area contributed by atoms with Gasteiger partial charge in [-0.05, 0) is 19.8 Å². The average Bonchev–Trinajstić information content (AvgIpc) is 3.07. The van der Waals surface area contributed by atoms with Crippen LogP contribution in [0.4, 0.5) is 0 Å². The van der Waals surface area contributed by atoms with Crippen LogP contribution in [0.1, 0.15) is 23.5 Å². The number of nitrogens with one attached hydrogen (secondary N) is 2. The lowest BCUT2D eigenvalue weighted by molar-refractivity contribution is 0.677. The maximum Gasteiger partial charge on any atom is 0.192 e. The second-order valence-corrected chi connectivity index (χ2v) is 5.94. The van der Waals surface area contributed by atoms with Crippen LogP contribution >= 0.6 is 11.3 Å². The Morgan fingerprint density at radius 3 is 3.05 bits per heavy atom. The van der Waals surface area contributed by atoms with Crippen molar-refractivity contribution in [3.05, 3.63) is 33.2 Å². The Morgan fingerprint density at radius 1 is 1.47 bits per heavy atom. The SMILES string of the molecule is Cc1cc(=O)c(-c2nnc(CCNC3CC3)s2)c[nH]1. The molecule has 0 bridgehead atoms. The van der Waals surface area contributed by atoms with Gasteiger partial charge in [0.15, 0.2) is 10.4 Å². The van der Waals surface area contributed by atoms with Crippen LogP contribution in [0.5, 0.6) is 0 Å². The van der Waals surface area contributed by atoms with Crippen molar-refractivity contribution in [2.24, 2.45) is 0 Å². The van der Waals surface area contributed by atoms with E-state index >= 15 is 0 Å². The number of pyridine rings is 1. The van der Waals surface area contributed by atoms with E-state index in [0.29, 0.717) is 16.6 Å². The first-order valence-electron chi connectivity index (χ1n) is 6.48. The number of hydrogen-bond acceptors (Lipinski definition) is 5. The third-order valence-electron chi connectivity index (χ3n) is 3.10. The van der Waals surface area contributed by atoms with Crippen molar-refractivity contribution in [1.29, 1.82) is 0 Å². The number of rotatable bonds is 5. The molecule has 2 heterocycles. The lowest BCUT2D eigenvalue weighted by Crippen LogP contribution is -2.19. The zero-order chi connectivity index (χ0) is 13.2. The zero-order valence-corrected chi connectivity index (χ0v) is 11.6. The highest BCUT2D eigenvalue weighted by molar-refractivity contribution is 7.14. The number of aryl methyl sites for hydroxylation is 1. The van der Waals surface area contributed by atoms with E-state index in [-0.39, 0.29) is 5.43 Å². The van der Waals surface area contributed by atoms with Gasteiger partial charge < -0.3 is 10.3 Å². The summed E-state index contributed by atoms with van der Waals surface area (Å²) in [5.74, 6) is 0. The molecule has 0 amide bonds. The minimum absolute atomic E-state index is 0.00458. The molecule has 0 unspecified atom stereocenters. The van der Waals surface area contributed by atoms with Gasteiger partial charge in [-0.25, -0.2) is 0 Å². The number of aromatic amines is 1. The molecule has 2 N–H and O–H groups in total. The molecular weight excluding hydrogens is 260 g/mol. The van der Waals surface area contributed by atoms with Crippen LogP contribution in [-0.2, 0) is 6.42 Å². The van der Waals surface area contributed by atoms with E-state index in [2.05, 4.69) is 20.5 Å². The lowest BCUT2D eigenvalue weighted by atomic mass is 10.2. The van der Waals surface area contributed by atoms with Gasteiger partial charge in [0.2, 0.25) is 0 Å². The van der Waals surface area contributed by atoms with E-state index in [4.69, 9.17) is 0 Å². The first kappa shape index (κ1) is 12.5. The molecule has 19 heavy (non-hydrogen) atoms. The summed E-state index contributed by atoms with van der Waals surface area (Å²) >= 11 is 1.50. The molecule has 6 heteroatoms. The number of aromatic nitrogens is 3. The van der Waals surface area contributed by atoms with Crippen LogP contribution in [0.25, 0.3) is 10.6 Å². The highest BCUT2D eigenvalue weighted by Crippen LogP contribution is 2.21. The predicted octanol–water partition coefficient (Wildman–Crippen LogP) is 1.50. The van der Waals surface area contributed by atoms with E-state index < -0.39 is 0 Å². The lowest BCUT2D eigenvalue weighted by Gasteiger charge is -1.98. The summed E-state index contributed by atoms with van der Waals surface area (Å²) in [5, 5.41) is 13.4. The summed E-state index contributed by atoms with van der Waals surface area (Å²) in [4.78, 5) is 14.9. The van der Waals surface area contributed by atoms with Crippen LogP contribution in [0.2, 0.25) is 0 Å². The van der Waals surface area contributed by atoms with Gasteiger partial charge in [0.25, 0.3) is 0 Å². The van der Waals surface area contributed by atoms with E-state index in [1.165, 1.54) is 24.2 Å². The molecule has 5 nitrogen and oxygen atoms in total. The standard InChI is InChI=1S/C13H16N4OS/c1-8-6-11(18)10(7-15-8)13-17-16-12(19-13)4-5-14-9-2-3-9/h6-7,9,14H,2-5H2,1H3,(H,15,18). The van der Waals surface area contributed by atoms with Gasteiger partial charge in [-0.15, -0.1) is 10.2 Å². The molecule has 0 atom stereocenters. The zero-order valence-electron chi connectivity index (χ0n) is 10.8. The molecule has 1 aliphatic rings. The largest absolute Gasteiger partial charge is 0.364 e. The van der Waals surface area contributed by atoms with E-state index in [9.17, 15) is 4.79 Å². The van der Waals surface area contributed by atoms with Crippen LogP contribution in [-0.4, -0.2) is 27.8 Å². The van der Waals surface area contributed by atoms with Crippen molar-refractivity contribution in [1.82, 2.24) is 20.5 Å². The fourth-order valence-corrected chi connectivity index (χ4v) is 2.73. The Labute approximate surface area is 115 Å². The van der Waals surface area contributed by atoms with Gasteiger partial charge in [0.1, 0.15) is 5.01 Å². The number of nitrogens with zero attached hydrogens (tertiary/aromatic N) is 2. The summed E-state index contributed by atoms with van der Waals surface area (Å²) in [6, 6.07) is 2.30. The van der Waals surface area contributed by atoms with Gasteiger partial charge in [-0.1, -0.05) is 11.3 Å². The smallest absolute Gasteiger partial charge is 0.192 e. The van der Waals surface area contributed by atoms with Gasteiger partial charge in [0.05, 0.1) is 5.56 Å².